The maximum atomic E-state index is 12.7. The van der Waals surface area contributed by atoms with Crippen molar-refractivity contribution in [2.24, 2.45) is 5.73 Å². The molecule has 2 aromatic rings. The SMILES string of the molecule is NCc1cc(C(=O)NCc2cccc(S(=O)(=O)N3CCCCC3)c2)co1. The fourth-order valence-electron chi connectivity index (χ4n) is 2.96. The Kier molecular flexibility index (Phi) is 5.75. The molecule has 8 heteroatoms. The lowest BCUT2D eigenvalue weighted by Crippen LogP contribution is -2.35. The van der Waals surface area contributed by atoms with Crippen LogP contribution in [0.25, 0.3) is 0 Å². The molecule has 0 radical (unpaired) electrons. The third kappa shape index (κ3) is 4.14. The zero-order chi connectivity index (χ0) is 18.6. The third-order valence-corrected chi connectivity index (χ3v) is 6.32. The van der Waals surface area contributed by atoms with Crippen molar-refractivity contribution in [3.05, 3.63) is 53.5 Å². The van der Waals surface area contributed by atoms with Crippen molar-refractivity contribution >= 4 is 15.9 Å². The Morgan fingerprint density at radius 2 is 1.96 bits per heavy atom. The van der Waals surface area contributed by atoms with Crippen molar-refractivity contribution in [1.29, 1.82) is 0 Å². The maximum Gasteiger partial charge on any atom is 0.254 e. The largest absolute Gasteiger partial charge is 0.467 e. The number of hydrogen-bond donors (Lipinski definition) is 2. The van der Waals surface area contributed by atoms with Crippen LogP contribution in [0.5, 0.6) is 0 Å². The second-order valence-electron chi connectivity index (χ2n) is 6.30. The molecule has 1 amide bonds. The summed E-state index contributed by atoms with van der Waals surface area (Å²) >= 11 is 0. The zero-order valence-electron chi connectivity index (χ0n) is 14.5. The van der Waals surface area contributed by atoms with Crippen LogP contribution in [0.3, 0.4) is 0 Å². The Morgan fingerprint density at radius 3 is 2.65 bits per heavy atom. The summed E-state index contributed by atoms with van der Waals surface area (Å²) in [4.78, 5) is 12.4. The molecule has 1 aliphatic rings. The van der Waals surface area contributed by atoms with Gasteiger partial charge < -0.3 is 15.5 Å². The number of furan rings is 1. The van der Waals surface area contributed by atoms with E-state index < -0.39 is 10.0 Å². The van der Waals surface area contributed by atoms with E-state index in [1.807, 2.05) is 0 Å². The van der Waals surface area contributed by atoms with E-state index in [1.165, 1.54) is 10.6 Å². The Hall–Kier alpha value is -2.16. The number of amides is 1. The van der Waals surface area contributed by atoms with E-state index in [0.29, 0.717) is 24.4 Å². The van der Waals surface area contributed by atoms with Crippen LogP contribution in [0, 0.1) is 0 Å². The van der Waals surface area contributed by atoms with Gasteiger partial charge in [-0.2, -0.15) is 4.31 Å². The van der Waals surface area contributed by atoms with Gasteiger partial charge in [-0.25, -0.2) is 8.42 Å². The van der Waals surface area contributed by atoms with Crippen molar-refractivity contribution in [3.63, 3.8) is 0 Å². The number of piperidine rings is 1. The maximum absolute atomic E-state index is 12.7. The molecule has 3 rings (SSSR count). The molecule has 0 aliphatic carbocycles. The van der Waals surface area contributed by atoms with E-state index >= 15 is 0 Å². The average Bonchev–Trinajstić information content (AvgIpc) is 3.16. The molecule has 26 heavy (non-hydrogen) atoms. The number of sulfonamides is 1. The van der Waals surface area contributed by atoms with Gasteiger partial charge in [0.2, 0.25) is 10.0 Å². The van der Waals surface area contributed by atoms with Gasteiger partial charge in [-0.1, -0.05) is 18.6 Å². The molecule has 1 aromatic carbocycles. The lowest BCUT2D eigenvalue weighted by molar-refractivity contribution is 0.0950. The first-order valence-corrected chi connectivity index (χ1v) is 10.1. The number of nitrogens with one attached hydrogen (secondary N) is 1. The first-order valence-electron chi connectivity index (χ1n) is 8.65. The lowest BCUT2D eigenvalue weighted by Gasteiger charge is -2.26. The summed E-state index contributed by atoms with van der Waals surface area (Å²) < 4.78 is 32.2. The van der Waals surface area contributed by atoms with Crippen molar-refractivity contribution in [1.82, 2.24) is 9.62 Å². The van der Waals surface area contributed by atoms with Gasteiger partial charge in [0.05, 0.1) is 17.0 Å². The number of hydrogen-bond acceptors (Lipinski definition) is 5. The van der Waals surface area contributed by atoms with E-state index in [9.17, 15) is 13.2 Å². The van der Waals surface area contributed by atoms with E-state index in [2.05, 4.69) is 5.32 Å². The topological polar surface area (TPSA) is 106 Å². The molecule has 140 valence electrons. The summed E-state index contributed by atoms with van der Waals surface area (Å²) in [6.07, 6.45) is 4.21. The van der Waals surface area contributed by atoms with E-state index in [1.54, 1.807) is 30.3 Å². The van der Waals surface area contributed by atoms with Crippen LogP contribution in [0.1, 0.15) is 40.9 Å². The summed E-state index contributed by atoms with van der Waals surface area (Å²) in [7, 11) is -3.48. The van der Waals surface area contributed by atoms with Gasteiger partial charge in [0.1, 0.15) is 12.0 Å². The second-order valence-corrected chi connectivity index (χ2v) is 8.24. The molecule has 1 aliphatic heterocycles. The summed E-state index contributed by atoms with van der Waals surface area (Å²) in [5, 5.41) is 2.76. The zero-order valence-corrected chi connectivity index (χ0v) is 15.3. The first kappa shape index (κ1) is 18.6. The predicted molar refractivity (Wildman–Crippen MR) is 96.8 cm³/mol. The summed E-state index contributed by atoms with van der Waals surface area (Å²) in [5.41, 5.74) is 6.57. The molecule has 1 aromatic heterocycles. The summed E-state index contributed by atoms with van der Waals surface area (Å²) in [6.45, 7) is 1.58. The highest BCUT2D eigenvalue weighted by molar-refractivity contribution is 7.89. The third-order valence-electron chi connectivity index (χ3n) is 4.42. The number of carbonyl (C=O) groups excluding carboxylic acids is 1. The molecule has 0 spiro atoms. The number of carbonyl (C=O) groups is 1. The van der Waals surface area contributed by atoms with Crippen molar-refractivity contribution in [2.45, 2.75) is 37.2 Å². The Labute approximate surface area is 153 Å². The molecular weight excluding hydrogens is 354 g/mol. The van der Waals surface area contributed by atoms with Crippen molar-refractivity contribution < 1.29 is 17.6 Å². The highest BCUT2D eigenvalue weighted by Gasteiger charge is 2.25. The van der Waals surface area contributed by atoms with Gasteiger partial charge in [0.25, 0.3) is 5.91 Å². The molecule has 7 nitrogen and oxygen atoms in total. The smallest absolute Gasteiger partial charge is 0.254 e. The van der Waals surface area contributed by atoms with Gasteiger partial charge in [0.15, 0.2) is 0 Å². The van der Waals surface area contributed by atoms with Crippen LogP contribution in [-0.4, -0.2) is 31.7 Å². The molecular formula is C18H23N3O4S. The van der Waals surface area contributed by atoms with E-state index in [4.69, 9.17) is 10.2 Å². The molecule has 0 unspecified atom stereocenters. The highest BCUT2D eigenvalue weighted by Crippen LogP contribution is 2.21. The monoisotopic (exact) mass is 377 g/mol. The number of nitrogens with zero attached hydrogens (tertiary/aromatic N) is 1. The van der Waals surface area contributed by atoms with Crippen LogP contribution in [-0.2, 0) is 23.1 Å². The van der Waals surface area contributed by atoms with Crippen LogP contribution >= 0.6 is 0 Å². The molecule has 0 saturated carbocycles. The Morgan fingerprint density at radius 1 is 1.19 bits per heavy atom. The van der Waals surface area contributed by atoms with Gasteiger partial charge >= 0.3 is 0 Å². The predicted octanol–water partition coefficient (Wildman–Crippen LogP) is 1.84. The van der Waals surface area contributed by atoms with Crippen molar-refractivity contribution in [3.8, 4) is 0 Å². The van der Waals surface area contributed by atoms with Gasteiger partial charge in [-0.15, -0.1) is 0 Å². The lowest BCUT2D eigenvalue weighted by atomic mass is 10.2. The van der Waals surface area contributed by atoms with Crippen LogP contribution < -0.4 is 11.1 Å². The Bertz CT molecular complexity index is 870. The molecule has 1 fully saturated rings. The summed E-state index contributed by atoms with van der Waals surface area (Å²) in [5.74, 6) is 0.238. The van der Waals surface area contributed by atoms with Crippen LogP contribution in [0.4, 0.5) is 0 Å². The molecule has 1 saturated heterocycles. The number of benzene rings is 1. The van der Waals surface area contributed by atoms with E-state index in [0.717, 1.165) is 24.8 Å². The van der Waals surface area contributed by atoms with Gasteiger partial charge in [-0.3, -0.25) is 4.79 Å². The second kappa shape index (κ2) is 8.03. The molecule has 0 atom stereocenters. The standard InChI is InChI=1S/C18H23N3O4S/c19-11-16-10-15(13-25-16)18(22)20-12-14-5-4-6-17(9-14)26(23,24)21-7-2-1-3-8-21/h4-6,9-10,13H,1-3,7-8,11-12,19H2,(H,20,22). The van der Waals surface area contributed by atoms with Gasteiger partial charge in [-0.05, 0) is 36.6 Å². The number of nitrogens with two attached hydrogens (primary N) is 1. The van der Waals surface area contributed by atoms with Crippen LogP contribution in [0.2, 0.25) is 0 Å². The minimum Gasteiger partial charge on any atom is -0.467 e. The Balaban J connectivity index is 1.68. The molecule has 0 bridgehead atoms. The van der Waals surface area contributed by atoms with Crippen LogP contribution in [0.15, 0.2) is 45.9 Å². The number of rotatable bonds is 6. The minimum absolute atomic E-state index is 0.226. The summed E-state index contributed by atoms with van der Waals surface area (Å²) in [6, 6.07) is 8.29. The average molecular weight is 377 g/mol. The molecule has 3 N–H and O–H groups in total. The fourth-order valence-corrected chi connectivity index (χ4v) is 4.55. The highest BCUT2D eigenvalue weighted by atomic mass is 32.2. The first-order chi connectivity index (χ1) is 12.5. The van der Waals surface area contributed by atoms with Crippen molar-refractivity contribution in [2.75, 3.05) is 13.1 Å². The fraction of sp³-hybridized carbons (Fsp3) is 0.389. The quantitative estimate of drug-likeness (QED) is 0.799. The molecule has 2 heterocycles. The minimum atomic E-state index is -3.48. The van der Waals surface area contributed by atoms with E-state index in [-0.39, 0.29) is 23.9 Å². The normalized spacial score (nSPS) is 15.7. The van der Waals surface area contributed by atoms with Gasteiger partial charge in [0, 0.05) is 19.6 Å².